The highest BCUT2D eigenvalue weighted by atomic mass is 16.6. The minimum Gasteiger partial charge on any atom is -0.463 e. The van der Waals surface area contributed by atoms with Crippen molar-refractivity contribution in [2.75, 3.05) is 0 Å². The number of esters is 2. The molecule has 0 aromatic carbocycles. The van der Waals surface area contributed by atoms with Gasteiger partial charge in [0.05, 0.1) is 6.10 Å². The van der Waals surface area contributed by atoms with Gasteiger partial charge >= 0.3 is 11.9 Å². The van der Waals surface area contributed by atoms with Crippen LogP contribution in [0, 0.1) is 0 Å². The lowest BCUT2D eigenvalue weighted by Gasteiger charge is -2.23. The highest BCUT2D eigenvalue weighted by molar-refractivity contribution is 5.69. The second kappa shape index (κ2) is 8.91. The lowest BCUT2D eigenvalue weighted by Crippen LogP contribution is -2.28. The van der Waals surface area contributed by atoms with Crippen LogP contribution in [0.5, 0.6) is 0 Å². The fourth-order valence-corrected chi connectivity index (χ4v) is 1.63. The predicted molar refractivity (Wildman–Crippen MR) is 66.9 cm³/mol. The number of aliphatic hydroxyl groups excluding tert-OH is 1. The second-order valence-corrected chi connectivity index (χ2v) is 4.42. The molecular weight excluding hydrogens is 236 g/mol. The molecule has 0 aromatic heterocycles. The van der Waals surface area contributed by atoms with Crippen LogP contribution in [0.1, 0.15) is 53.4 Å². The average Bonchev–Trinajstić information content (AvgIpc) is 2.27. The van der Waals surface area contributed by atoms with Gasteiger partial charge in [0.2, 0.25) is 0 Å². The lowest BCUT2D eigenvalue weighted by molar-refractivity contribution is -0.154. The molecule has 5 heteroatoms. The van der Waals surface area contributed by atoms with E-state index < -0.39 is 12.2 Å². The van der Waals surface area contributed by atoms with E-state index in [-0.39, 0.29) is 18.0 Å². The first kappa shape index (κ1) is 16.9. The molecule has 0 aliphatic carbocycles. The summed E-state index contributed by atoms with van der Waals surface area (Å²) >= 11 is 0. The molecule has 0 spiro atoms. The third kappa shape index (κ3) is 8.06. The molecule has 3 atom stereocenters. The third-order valence-electron chi connectivity index (χ3n) is 2.55. The molecule has 0 aliphatic heterocycles. The SMILES string of the molecule is CCC(=O)OC(CC(O)CC)CC(C)OC(C)=O. The van der Waals surface area contributed by atoms with Crippen LogP contribution in [-0.2, 0) is 19.1 Å². The van der Waals surface area contributed by atoms with Crippen LogP contribution in [0.2, 0.25) is 0 Å². The molecule has 3 unspecified atom stereocenters. The van der Waals surface area contributed by atoms with Crippen LogP contribution >= 0.6 is 0 Å². The van der Waals surface area contributed by atoms with Crippen molar-refractivity contribution in [3.63, 3.8) is 0 Å². The molecule has 0 saturated heterocycles. The number of ether oxygens (including phenoxy) is 2. The Morgan fingerprint density at radius 2 is 1.78 bits per heavy atom. The number of rotatable bonds is 8. The van der Waals surface area contributed by atoms with E-state index in [1.807, 2.05) is 6.92 Å². The van der Waals surface area contributed by atoms with Gasteiger partial charge in [0.1, 0.15) is 12.2 Å². The van der Waals surface area contributed by atoms with Gasteiger partial charge in [0.25, 0.3) is 0 Å². The van der Waals surface area contributed by atoms with Gasteiger partial charge in [-0.05, 0) is 13.3 Å². The molecule has 0 aromatic rings. The van der Waals surface area contributed by atoms with E-state index in [1.165, 1.54) is 6.92 Å². The summed E-state index contributed by atoms with van der Waals surface area (Å²) in [5.74, 6) is -0.669. The van der Waals surface area contributed by atoms with E-state index >= 15 is 0 Å². The second-order valence-electron chi connectivity index (χ2n) is 4.42. The highest BCUT2D eigenvalue weighted by Gasteiger charge is 2.21. The standard InChI is InChI=1S/C13H24O5/c1-5-11(15)8-12(18-13(16)6-2)7-9(3)17-10(4)14/h9,11-12,15H,5-8H2,1-4H3. The first-order chi connectivity index (χ1) is 8.38. The molecule has 0 saturated carbocycles. The molecule has 18 heavy (non-hydrogen) atoms. The van der Waals surface area contributed by atoms with Crippen molar-refractivity contribution in [2.45, 2.75) is 71.7 Å². The van der Waals surface area contributed by atoms with E-state index in [2.05, 4.69) is 0 Å². The molecule has 0 aliphatic rings. The highest BCUT2D eigenvalue weighted by Crippen LogP contribution is 2.14. The van der Waals surface area contributed by atoms with Crippen molar-refractivity contribution in [1.29, 1.82) is 0 Å². The zero-order valence-electron chi connectivity index (χ0n) is 11.6. The maximum absolute atomic E-state index is 11.3. The van der Waals surface area contributed by atoms with Crippen LogP contribution in [0.3, 0.4) is 0 Å². The summed E-state index contributed by atoms with van der Waals surface area (Å²) in [4.78, 5) is 22.1. The number of hydrogen-bond donors (Lipinski definition) is 1. The number of hydrogen-bond acceptors (Lipinski definition) is 5. The van der Waals surface area contributed by atoms with E-state index in [1.54, 1.807) is 13.8 Å². The Morgan fingerprint density at radius 3 is 2.22 bits per heavy atom. The molecule has 1 N–H and O–H groups in total. The van der Waals surface area contributed by atoms with E-state index in [9.17, 15) is 14.7 Å². The largest absolute Gasteiger partial charge is 0.463 e. The van der Waals surface area contributed by atoms with Gasteiger partial charge in [0.15, 0.2) is 0 Å². The molecule has 106 valence electrons. The molecule has 0 radical (unpaired) electrons. The summed E-state index contributed by atoms with van der Waals surface area (Å²) in [6, 6.07) is 0. The Morgan fingerprint density at radius 1 is 1.17 bits per heavy atom. The maximum Gasteiger partial charge on any atom is 0.305 e. The molecule has 5 nitrogen and oxygen atoms in total. The van der Waals surface area contributed by atoms with Gasteiger partial charge in [-0.3, -0.25) is 9.59 Å². The van der Waals surface area contributed by atoms with Crippen molar-refractivity contribution in [3.05, 3.63) is 0 Å². The van der Waals surface area contributed by atoms with Crippen LogP contribution in [0.15, 0.2) is 0 Å². The molecule has 0 rings (SSSR count). The Bertz CT molecular complexity index is 264. The van der Waals surface area contributed by atoms with Gasteiger partial charge in [-0.25, -0.2) is 0 Å². The zero-order chi connectivity index (χ0) is 14.1. The summed E-state index contributed by atoms with van der Waals surface area (Å²) < 4.78 is 10.2. The Labute approximate surface area is 108 Å². The van der Waals surface area contributed by atoms with E-state index in [0.29, 0.717) is 25.7 Å². The summed E-state index contributed by atoms with van der Waals surface area (Å²) in [5, 5.41) is 9.61. The van der Waals surface area contributed by atoms with E-state index in [0.717, 1.165) is 0 Å². The Kier molecular flexibility index (Phi) is 8.37. The minimum absolute atomic E-state index is 0.292. The maximum atomic E-state index is 11.3. The molecular formula is C13H24O5. The minimum atomic E-state index is -0.510. The molecule has 0 bridgehead atoms. The quantitative estimate of drug-likeness (QED) is 0.674. The first-order valence-electron chi connectivity index (χ1n) is 6.43. The predicted octanol–water partition coefficient (Wildman–Crippen LogP) is 1.81. The van der Waals surface area contributed by atoms with Crippen LogP contribution < -0.4 is 0 Å². The number of carbonyl (C=O) groups is 2. The summed E-state index contributed by atoms with van der Waals surface area (Å²) in [6.45, 7) is 6.65. The topological polar surface area (TPSA) is 72.8 Å². The normalized spacial score (nSPS) is 15.6. The summed E-state index contributed by atoms with van der Waals surface area (Å²) in [6.07, 6.45) is 0.408. The fourth-order valence-electron chi connectivity index (χ4n) is 1.63. The first-order valence-corrected chi connectivity index (χ1v) is 6.43. The van der Waals surface area contributed by atoms with Crippen molar-refractivity contribution >= 4 is 11.9 Å². The number of aliphatic hydroxyl groups is 1. The van der Waals surface area contributed by atoms with Gasteiger partial charge < -0.3 is 14.6 Å². The lowest BCUT2D eigenvalue weighted by atomic mass is 10.0. The third-order valence-corrected chi connectivity index (χ3v) is 2.55. The zero-order valence-corrected chi connectivity index (χ0v) is 11.6. The molecule has 0 amide bonds. The van der Waals surface area contributed by atoms with Crippen molar-refractivity contribution in [1.82, 2.24) is 0 Å². The average molecular weight is 260 g/mol. The van der Waals surface area contributed by atoms with Gasteiger partial charge in [0, 0.05) is 26.2 Å². The monoisotopic (exact) mass is 260 g/mol. The molecule has 0 heterocycles. The van der Waals surface area contributed by atoms with Gasteiger partial charge in [-0.1, -0.05) is 13.8 Å². The van der Waals surface area contributed by atoms with Gasteiger partial charge in [-0.2, -0.15) is 0 Å². The van der Waals surface area contributed by atoms with Crippen molar-refractivity contribution in [3.8, 4) is 0 Å². The fraction of sp³-hybridized carbons (Fsp3) is 0.846. The summed E-state index contributed by atoms with van der Waals surface area (Å²) in [5.41, 5.74) is 0. The van der Waals surface area contributed by atoms with E-state index in [4.69, 9.17) is 9.47 Å². The summed E-state index contributed by atoms with van der Waals surface area (Å²) in [7, 11) is 0. The van der Waals surface area contributed by atoms with Crippen LogP contribution in [0.4, 0.5) is 0 Å². The smallest absolute Gasteiger partial charge is 0.305 e. The molecule has 0 fully saturated rings. The van der Waals surface area contributed by atoms with Gasteiger partial charge in [-0.15, -0.1) is 0 Å². The van der Waals surface area contributed by atoms with Crippen LogP contribution in [-0.4, -0.2) is 35.4 Å². The van der Waals surface area contributed by atoms with Crippen LogP contribution in [0.25, 0.3) is 0 Å². The Balaban J connectivity index is 4.35. The Hall–Kier alpha value is -1.10. The number of carbonyl (C=O) groups excluding carboxylic acids is 2. The van der Waals surface area contributed by atoms with Crippen molar-refractivity contribution < 1.29 is 24.2 Å². The van der Waals surface area contributed by atoms with Crippen molar-refractivity contribution in [2.24, 2.45) is 0 Å².